The number of hydrogen-bond acceptors (Lipinski definition) is 5. The lowest BCUT2D eigenvalue weighted by Gasteiger charge is -2.25. The van der Waals surface area contributed by atoms with Crippen LogP contribution >= 0.6 is 0 Å². The number of aromatic nitrogens is 3. The van der Waals surface area contributed by atoms with E-state index >= 15 is 0 Å². The van der Waals surface area contributed by atoms with Crippen LogP contribution in [-0.2, 0) is 37.0 Å². The van der Waals surface area contributed by atoms with E-state index in [1.807, 2.05) is 36.9 Å². The molecule has 1 aromatic carbocycles. The number of nitrogens with zero attached hydrogens (tertiary/aromatic N) is 3. The number of amides is 1. The molecule has 156 valence electrons. The van der Waals surface area contributed by atoms with Gasteiger partial charge in [-0.25, -0.2) is 9.78 Å². The quantitative estimate of drug-likeness (QED) is 0.679. The van der Waals surface area contributed by atoms with E-state index in [2.05, 4.69) is 27.1 Å². The summed E-state index contributed by atoms with van der Waals surface area (Å²) in [6, 6.07) is 10.3. The molecule has 0 saturated carbocycles. The second kappa shape index (κ2) is 8.65. The first-order chi connectivity index (χ1) is 14.5. The zero-order valence-corrected chi connectivity index (χ0v) is 17.4. The van der Waals surface area contributed by atoms with Gasteiger partial charge in [-0.2, -0.15) is 4.98 Å². The number of benzene rings is 1. The lowest BCUT2D eigenvalue weighted by Crippen LogP contribution is -2.36. The molecule has 1 amide bonds. The van der Waals surface area contributed by atoms with Crippen molar-refractivity contribution in [3.05, 3.63) is 80.7 Å². The lowest BCUT2D eigenvalue weighted by atomic mass is 10.1. The molecule has 4 rings (SSSR count). The van der Waals surface area contributed by atoms with Gasteiger partial charge in [0.05, 0.1) is 6.54 Å². The second-order valence-electron chi connectivity index (χ2n) is 7.76. The van der Waals surface area contributed by atoms with Crippen LogP contribution in [0.2, 0.25) is 0 Å². The monoisotopic (exact) mass is 406 g/mol. The minimum atomic E-state index is -0.349. The van der Waals surface area contributed by atoms with Gasteiger partial charge in [0, 0.05) is 37.2 Å². The summed E-state index contributed by atoms with van der Waals surface area (Å²) in [5, 5.41) is 0. The van der Waals surface area contributed by atoms with Crippen molar-refractivity contribution in [1.82, 2.24) is 19.9 Å². The van der Waals surface area contributed by atoms with E-state index < -0.39 is 0 Å². The van der Waals surface area contributed by atoms with Crippen LogP contribution in [0.5, 0.6) is 0 Å². The van der Waals surface area contributed by atoms with Crippen molar-refractivity contribution in [2.75, 3.05) is 6.54 Å². The van der Waals surface area contributed by atoms with Crippen molar-refractivity contribution in [1.29, 1.82) is 0 Å². The maximum absolute atomic E-state index is 12.8. The number of H-pyrrole nitrogens is 1. The molecule has 7 nitrogen and oxygen atoms in total. The molecule has 0 atom stereocenters. The van der Waals surface area contributed by atoms with E-state index in [-0.39, 0.29) is 11.6 Å². The molecule has 0 aliphatic carbocycles. The lowest BCUT2D eigenvalue weighted by molar-refractivity contribution is -0.132. The fraction of sp³-hybridized carbons (Fsp3) is 0.391. The van der Waals surface area contributed by atoms with Crippen molar-refractivity contribution in [2.24, 2.45) is 0 Å². The number of oxazole rings is 1. The molecule has 0 spiro atoms. The van der Waals surface area contributed by atoms with E-state index in [1.54, 1.807) is 0 Å². The van der Waals surface area contributed by atoms with Crippen LogP contribution in [0.3, 0.4) is 0 Å². The maximum Gasteiger partial charge on any atom is 0.345 e. The number of aromatic amines is 1. The molecule has 1 aliphatic rings. The standard InChI is InChI=1S/C23H26N4O3/c1-15-18(16(2)25-23(29)24-15)9-11-22(28)27-13-12-20-19(14-27)26-21(30-20)10-8-17-6-4-3-5-7-17/h3-7H,8-14H2,1-2H3,(H,24,25,29). The summed E-state index contributed by atoms with van der Waals surface area (Å²) in [6.45, 7) is 4.78. The van der Waals surface area contributed by atoms with Gasteiger partial charge in [0.2, 0.25) is 5.91 Å². The fourth-order valence-corrected chi connectivity index (χ4v) is 3.98. The van der Waals surface area contributed by atoms with Gasteiger partial charge in [-0.1, -0.05) is 30.3 Å². The SMILES string of the molecule is Cc1nc(=O)[nH]c(C)c1CCC(=O)N1CCc2oc(CCc3ccccc3)nc2C1. The minimum absolute atomic E-state index is 0.0829. The highest BCUT2D eigenvalue weighted by atomic mass is 16.4. The molecule has 1 aliphatic heterocycles. The van der Waals surface area contributed by atoms with Crippen molar-refractivity contribution < 1.29 is 9.21 Å². The number of rotatable bonds is 6. The highest BCUT2D eigenvalue weighted by Crippen LogP contribution is 2.22. The zero-order valence-electron chi connectivity index (χ0n) is 17.4. The van der Waals surface area contributed by atoms with Crippen LogP contribution in [0.1, 0.15) is 46.3 Å². The second-order valence-corrected chi connectivity index (χ2v) is 7.76. The number of hydrogen-bond donors (Lipinski definition) is 1. The predicted molar refractivity (Wildman–Crippen MR) is 112 cm³/mol. The molecular weight excluding hydrogens is 380 g/mol. The van der Waals surface area contributed by atoms with Crippen molar-refractivity contribution >= 4 is 5.91 Å². The molecule has 3 heterocycles. The molecule has 7 heteroatoms. The Kier molecular flexibility index (Phi) is 5.79. The smallest absolute Gasteiger partial charge is 0.345 e. The predicted octanol–water partition coefficient (Wildman–Crippen LogP) is 2.68. The van der Waals surface area contributed by atoms with Crippen molar-refractivity contribution in [3.8, 4) is 0 Å². The van der Waals surface area contributed by atoms with Crippen LogP contribution in [0.25, 0.3) is 0 Å². The Labute approximate surface area is 175 Å². The minimum Gasteiger partial charge on any atom is -0.445 e. The van der Waals surface area contributed by atoms with Gasteiger partial charge in [0.1, 0.15) is 11.5 Å². The van der Waals surface area contributed by atoms with E-state index in [0.29, 0.717) is 38.0 Å². The summed E-state index contributed by atoms with van der Waals surface area (Å²) < 4.78 is 5.94. The summed E-state index contributed by atoms with van der Waals surface area (Å²) in [6.07, 6.45) is 3.27. The average molecular weight is 406 g/mol. The van der Waals surface area contributed by atoms with Crippen molar-refractivity contribution in [3.63, 3.8) is 0 Å². The Hall–Kier alpha value is -3.22. The third kappa shape index (κ3) is 4.50. The number of carbonyl (C=O) groups excluding carboxylic acids is 1. The number of carbonyl (C=O) groups is 1. The number of nitrogens with one attached hydrogen (secondary N) is 1. The first-order valence-electron chi connectivity index (χ1n) is 10.3. The van der Waals surface area contributed by atoms with E-state index in [1.165, 1.54) is 5.56 Å². The van der Waals surface area contributed by atoms with Crippen LogP contribution in [-0.4, -0.2) is 32.3 Å². The fourth-order valence-electron chi connectivity index (χ4n) is 3.98. The van der Waals surface area contributed by atoms with Crippen LogP contribution in [0, 0.1) is 13.8 Å². The molecule has 0 radical (unpaired) electrons. The summed E-state index contributed by atoms with van der Waals surface area (Å²) >= 11 is 0. The molecule has 1 N–H and O–H groups in total. The van der Waals surface area contributed by atoms with Crippen LogP contribution in [0.4, 0.5) is 0 Å². The van der Waals surface area contributed by atoms with Gasteiger partial charge < -0.3 is 14.3 Å². The number of fused-ring (bicyclic) bond motifs is 1. The zero-order chi connectivity index (χ0) is 21.1. The van der Waals surface area contributed by atoms with Gasteiger partial charge in [-0.15, -0.1) is 0 Å². The van der Waals surface area contributed by atoms with Crippen molar-refractivity contribution in [2.45, 2.75) is 52.5 Å². The molecule has 0 unspecified atom stereocenters. The Morgan fingerprint density at radius 1 is 1.13 bits per heavy atom. The van der Waals surface area contributed by atoms with Gasteiger partial charge in [-0.05, 0) is 37.8 Å². The van der Waals surface area contributed by atoms with E-state index in [0.717, 1.165) is 41.4 Å². The van der Waals surface area contributed by atoms with E-state index in [4.69, 9.17) is 4.42 Å². The maximum atomic E-state index is 12.8. The molecule has 30 heavy (non-hydrogen) atoms. The summed E-state index contributed by atoms with van der Waals surface area (Å²) in [5.41, 5.74) is 4.18. The Balaban J connectivity index is 1.35. The summed E-state index contributed by atoms with van der Waals surface area (Å²) in [4.78, 5) is 37.3. The molecule has 3 aromatic rings. The van der Waals surface area contributed by atoms with Gasteiger partial charge >= 0.3 is 5.69 Å². The Bertz CT molecular complexity index is 1080. The number of aryl methyl sites for hydroxylation is 4. The highest BCUT2D eigenvalue weighted by molar-refractivity contribution is 5.76. The Morgan fingerprint density at radius 2 is 1.93 bits per heavy atom. The van der Waals surface area contributed by atoms with Crippen LogP contribution in [0.15, 0.2) is 39.5 Å². The molecule has 2 aromatic heterocycles. The highest BCUT2D eigenvalue weighted by Gasteiger charge is 2.25. The summed E-state index contributed by atoms with van der Waals surface area (Å²) in [5.74, 6) is 1.72. The molecule has 0 fully saturated rings. The van der Waals surface area contributed by atoms with E-state index in [9.17, 15) is 9.59 Å². The molecule has 0 bridgehead atoms. The average Bonchev–Trinajstić information content (AvgIpc) is 3.14. The molecule has 0 saturated heterocycles. The first-order valence-corrected chi connectivity index (χ1v) is 10.3. The van der Waals surface area contributed by atoms with Gasteiger partial charge in [0.25, 0.3) is 0 Å². The topological polar surface area (TPSA) is 92.1 Å². The third-order valence-electron chi connectivity index (χ3n) is 5.64. The van der Waals surface area contributed by atoms with Crippen LogP contribution < -0.4 is 5.69 Å². The van der Waals surface area contributed by atoms with Gasteiger partial charge in [-0.3, -0.25) is 4.79 Å². The first kappa shape index (κ1) is 20.1. The summed E-state index contributed by atoms with van der Waals surface area (Å²) in [7, 11) is 0. The molecular formula is C23H26N4O3. The third-order valence-corrected chi connectivity index (χ3v) is 5.64. The Morgan fingerprint density at radius 3 is 2.70 bits per heavy atom. The largest absolute Gasteiger partial charge is 0.445 e. The normalized spacial score (nSPS) is 13.3. The van der Waals surface area contributed by atoms with Gasteiger partial charge in [0.15, 0.2) is 5.89 Å².